The highest BCUT2D eigenvalue weighted by molar-refractivity contribution is 5.79. The molecule has 0 aliphatic rings. The van der Waals surface area contributed by atoms with Crippen molar-refractivity contribution in [3.63, 3.8) is 0 Å². The van der Waals surface area contributed by atoms with Gasteiger partial charge in [0.15, 0.2) is 0 Å². The molecular formula is C13H18N4O2. The molecule has 2 heterocycles. The Morgan fingerprint density at radius 3 is 2.84 bits per heavy atom. The van der Waals surface area contributed by atoms with Crippen LogP contribution in [0.3, 0.4) is 0 Å². The van der Waals surface area contributed by atoms with Crippen LogP contribution in [-0.4, -0.2) is 21.0 Å². The van der Waals surface area contributed by atoms with Crippen LogP contribution in [0.5, 0.6) is 0 Å². The van der Waals surface area contributed by atoms with Crippen LogP contribution in [0, 0.1) is 13.8 Å². The molecule has 0 aromatic carbocycles. The van der Waals surface area contributed by atoms with E-state index < -0.39 is 0 Å². The van der Waals surface area contributed by atoms with E-state index in [1.165, 1.54) is 0 Å². The summed E-state index contributed by atoms with van der Waals surface area (Å²) in [6.07, 6.45) is 4.48. The smallest absolute Gasteiger partial charge is 0.225 e. The lowest BCUT2D eigenvalue weighted by atomic mass is 10.1. The van der Waals surface area contributed by atoms with Gasteiger partial charge in [-0.3, -0.25) is 4.79 Å². The molecule has 0 saturated heterocycles. The number of nitrogens with zero attached hydrogens (tertiary/aromatic N) is 2. The summed E-state index contributed by atoms with van der Waals surface area (Å²) in [5.74, 6) is 1.41. The molecule has 0 aliphatic heterocycles. The highest BCUT2D eigenvalue weighted by atomic mass is 16.5. The molecule has 1 atom stereocenters. The molecule has 0 radical (unpaired) electrons. The van der Waals surface area contributed by atoms with E-state index in [0.29, 0.717) is 5.76 Å². The minimum atomic E-state index is -0.0945. The number of hydrogen-bond donors (Lipinski definition) is 2. The Morgan fingerprint density at radius 1 is 1.53 bits per heavy atom. The highest BCUT2D eigenvalue weighted by Crippen LogP contribution is 2.15. The van der Waals surface area contributed by atoms with Gasteiger partial charge < -0.3 is 14.8 Å². The number of carbonyl (C=O) groups is 1. The van der Waals surface area contributed by atoms with E-state index in [1.54, 1.807) is 12.4 Å². The van der Waals surface area contributed by atoms with Crippen molar-refractivity contribution in [1.82, 2.24) is 20.4 Å². The summed E-state index contributed by atoms with van der Waals surface area (Å²) < 4.78 is 5.05. The molecule has 0 bridgehead atoms. The molecule has 2 rings (SSSR count). The topological polar surface area (TPSA) is 83.8 Å². The average molecular weight is 262 g/mol. The van der Waals surface area contributed by atoms with Gasteiger partial charge in [-0.2, -0.15) is 0 Å². The number of H-pyrrole nitrogens is 1. The average Bonchev–Trinajstić information content (AvgIpc) is 3.01. The van der Waals surface area contributed by atoms with Crippen LogP contribution < -0.4 is 5.32 Å². The van der Waals surface area contributed by atoms with Gasteiger partial charge in [0.05, 0.1) is 18.2 Å². The summed E-state index contributed by atoms with van der Waals surface area (Å²) >= 11 is 0. The molecule has 0 spiro atoms. The zero-order valence-corrected chi connectivity index (χ0v) is 11.4. The van der Waals surface area contributed by atoms with E-state index in [1.807, 2.05) is 20.8 Å². The van der Waals surface area contributed by atoms with Gasteiger partial charge in [-0.15, -0.1) is 0 Å². The van der Waals surface area contributed by atoms with Crippen molar-refractivity contribution >= 4 is 5.91 Å². The Hall–Kier alpha value is -2.11. The second kappa shape index (κ2) is 5.69. The van der Waals surface area contributed by atoms with Crippen LogP contribution in [0.4, 0.5) is 0 Å². The SMILES string of the molecule is CCC(NC(=O)Cc1c(C)noc1C)c1ncc[nH]1. The highest BCUT2D eigenvalue weighted by Gasteiger charge is 2.18. The molecule has 6 nitrogen and oxygen atoms in total. The molecule has 2 aromatic heterocycles. The van der Waals surface area contributed by atoms with Crippen LogP contribution in [0.15, 0.2) is 16.9 Å². The number of nitrogens with one attached hydrogen (secondary N) is 2. The second-order valence-corrected chi connectivity index (χ2v) is 4.48. The maximum absolute atomic E-state index is 12.1. The van der Waals surface area contributed by atoms with Gasteiger partial charge in [-0.25, -0.2) is 4.98 Å². The number of carbonyl (C=O) groups excluding carboxylic acids is 1. The minimum absolute atomic E-state index is 0.0577. The van der Waals surface area contributed by atoms with Crippen LogP contribution in [0.2, 0.25) is 0 Å². The predicted octanol–water partition coefficient (Wildman–Crippen LogP) is 1.82. The first-order chi connectivity index (χ1) is 9.11. The first kappa shape index (κ1) is 13.3. The molecular weight excluding hydrogens is 244 g/mol. The van der Waals surface area contributed by atoms with Gasteiger partial charge in [0.2, 0.25) is 5.91 Å². The predicted molar refractivity (Wildman–Crippen MR) is 69.4 cm³/mol. The Kier molecular flexibility index (Phi) is 3.99. The summed E-state index contributed by atoms with van der Waals surface area (Å²) in [6, 6.07) is -0.0945. The number of hydrogen-bond acceptors (Lipinski definition) is 4. The number of aromatic amines is 1. The standard InChI is InChI=1S/C13H18N4O2/c1-4-11(13-14-5-6-15-13)16-12(18)7-10-8(2)17-19-9(10)3/h5-6,11H,4,7H2,1-3H3,(H,14,15)(H,16,18). The quantitative estimate of drug-likeness (QED) is 0.861. The van der Waals surface area contributed by atoms with Crippen LogP contribution in [-0.2, 0) is 11.2 Å². The number of rotatable bonds is 5. The van der Waals surface area contributed by atoms with Crippen molar-refractivity contribution in [2.24, 2.45) is 0 Å². The van der Waals surface area contributed by atoms with Crippen LogP contribution in [0.1, 0.15) is 42.2 Å². The van der Waals surface area contributed by atoms with Crippen LogP contribution in [0.25, 0.3) is 0 Å². The lowest BCUT2D eigenvalue weighted by molar-refractivity contribution is -0.121. The van der Waals surface area contributed by atoms with Gasteiger partial charge in [0, 0.05) is 18.0 Å². The lowest BCUT2D eigenvalue weighted by Crippen LogP contribution is -2.30. The fourth-order valence-electron chi connectivity index (χ4n) is 1.99. The fraction of sp³-hybridized carbons (Fsp3) is 0.462. The van der Waals surface area contributed by atoms with Gasteiger partial charge in [0.1, 0.15) is 11.6 Å². The Labute approximate surface area is 111 Å². The van der Waals surface area contributed by atoms with Gasteiger partial charge in [-0.1, -0.05) is 12.1 Å². The van der Waals surface area contributed by atoms with Crippen molar-refractivity contribution in [3.05, 3.63) is 35.2 Å². The van der Waals surface area contributed by atoms with E-state index >= 15 is 0 Å². The molecule has 0 saturated carbocycles. The van der Waals surface area contributed by atoms with E-state index in [-0.39, 0.29) is 18.4 Å². The minimum Gasteiger partial charge on any atom is -0.361 e. The molecule has 19 heavy (non-hydrogen) atoms. The molecule has 1 unspecified atom stereocenters. The maximum Gasteiger partial charge on any atom is 0.225 e. The summed E-state index contributed by atoms with van der Waals surface area (Å²) in [7, 11) is 0. The van der Waals surface area contributed by atoms with Crippen molar-refractivity contribution < 1.29 is 9.32 Å². The van der Waals surface area contributed by atoms with E-state index in [9.17, 15) is 4.79 Å². The fourth-order valence-corrected chi connectivity index (χ4v) is 1.99. The Bertz CT molecular complexity index is 525. The molecule has 0 fully saturated rings. The third-order valence-corrected chi connectivity index (χ3v) is 3.11. The number of imidazole rings is 1. The molecule has 102 valence electrons. The summed E-state index contributed by atoms with van der Waals surface area (Å²) in [4.78, 5) is 19.2. The largest absolute Gasteiger partial charge is 0.361 e. The zero-order valence-electron chi connectivity index (χ0n) is 11.4. The van der Waals surface area contributed by atoms with Crippen molar-refractivity contribution in [1.29, 1.82) is 0 Å². The third-order valence-electron chi connectivity index (χ3n) is 3.11. The summed E-state index contributed by atoms with van der Waals surface area (Å²) in [5, 5.41) is 6.80. The van der Waals surface area contributed by atoms with Crippen molar-refractivity contribution in [2.45, 2.75) is 39.7 Å². The van der Waals surface area contributed by atoms with Gasteiger partial charge in [0.25, 0.3) is 0 Å². The number of aryl methyl sites for hydroxylation is 2. The monoisotopic (exact) mass is 262 g/mol. The first-order valence-electron chi connectivity index (χ1n) is 6.32. The molecule has 6 heteroatoms. The van der Waals surface area contributed by atoms with E-state index in [0.717, 1.165) is 23.5 Å². The van der Waals surface area contributed by atoms with Gasteiger partial charge in [-0.05, 0) is 20.3 Å². The summed E-state index contributed by atoms with van der Waals surface area (Å²) in [5.41, 5.74) is 1.62. The van der Waals surface area contributed by atoms with E-state index in [4.69, 9.17) is 4.52 Å². The zero-order chi connectivity index (χ0) is 13.8. The third kappa shape index (κ3) is 3.01. The lowest BCUT2D eigenvalue weighted by Gasteiger charge is -2.14. The van der Waals surface area contributed by atoms with Gasteiger partial charge >= 0.3 is 0 Å². The number of aromatic nitrogens is 3. The second-order valence-electron chi connectivity index (χ2n) is 4.48. The van der Waals surface area contributed by atoms with E-state index in [2.05, 4.69) is 20.4 Å². The van der Waals surface area contributed by atoms with Crippen LogP contribution >= 0.6 is 0 Å². The Morgan fingerprint density at radius 2 is 2.32 bits per heavy atom. The molecule has 2 N–H and O–H groups in total. The first-order valence-corrected chi connectivity index (χ1v) is 6.32. The van der Waals surface area contributed by atoms with Crippen molar-refractivity contribution in [2.75, 3.05) is 0 Å². The number of amides is 1. The Balaban J connectivity index is 2.01. The normalized spacial score (nSPS) is 12.4. The molecule has 0 aliphatic carbocycles. The maximum atomic E-state index is 12.1. The van der Waals surface area contributed by atoms with Crippen molar-refractivity contribution in [3.8, 4) is 0 Å². The summed E-state index contributed by atoms with van der Waals surface area (Å²) in [6.45, 7) is 5.65. The molecule has 2 aromatic rings. The molecule has 1 amide bonds.